The van der Waals surface area contributed by atoms with Gasteiger partial charge < -0.3 is 10.8 Å². The molecule has 102 valence electrons. The summed E-state index contributed by atoms with van der Waals surface area (Å²) in [4.78, 5) is 11.4. The highest BCUT2D eigenvalue weighted by Gasteiger charge is 2.50. The zero-order valence-corrected chi connectivity index (χ0v) is 10.7. The van der Waals surface area contributed by atoms with Crippen molar-refractivity contribution in [2.75, 3.05) is 5.73 Å². The number of aromatic carboxylic acids is 1. The van der Waals surface area contributed by atoms with Crippen LogP contribution in [0.5, 0.6) is 0 Å². The molecule has 1 aromatic heterocycles. The Balaban J connectivity index is 1.75. The zero-order valence-electron chi connectivity index (χ0n) is 10.7. The molecule has 5 rings (SSSR count). The standard InChI is InChI=1S/C13H18N4O2/c14-12-11(13(18)19)17(16-15-12)10-8-2-6-1-7(4-8)5-9(10)3-6/h6-10H,1-5,14H2,(H,18,19). The number of rotatable bonds is 2. The lowest BCUT2D eigenvalue weighted by atomic mass is 9.54. The number of anilines is 1. The van der Waals surface area contributed by atoms with Crippen molar-refractivity contribution in [2.45, 2.75) is 38.1 Å². The van der Waals surface area contributed by atoms with Gasteiger partial charge in [0.05, 0.1) is 6.04 Å². The van der Waals surface area contributed by atoms with Crippen molar-refractivity contribution in [1.82, 2.24) is 15.0 Å². The number of nitrogens with two attached hydrogens (primary N) is 1. The molecule has 0 unspecified atom stereocenters. The van der Waals surface area contributed by atoms with Crippen LogP contribution in [0.2, 0.25) is 0 Å². The van der Waals surface area contributed by atoms with E-state index in [1.54, 1.807) is 4.68 Å². The quantitative estimate of drug-likeness (QED) is 0.843. The van der Waals surface area contributed by atoms with Gasteiger partial charge in [-0.2, -0.15) is 0 Å². The monoisotopic (exact) mass is 262 g/mol. The fraction of sp³-hybridized carbons (Fsp3) is 0.769. The first-order chi connectivity index (χ1) is 9.13. The van der Waals surface area contributed by atoms with Crippen LogP contribution in [0.3, 0.4) is 0 Å². The molecule has 1 aromatic rings. The summed E-state index contributed by atoms with van der Waals surface area (Å²) in [5.74, 6) is 1.87. The van der Waals surface area contributed by atoms with Crippen molar-refractivity contribution in [3.05, 3.63) is 5.69 Å². The van der Waals surface area contributed by atoms with Gasteiger partial charge in [0, 0.05) is 0 Å². The lowest BCUT2D eigenvalue weighted by molar-refractivity contribution is -0.0353. The number of hydrogen-bond donors (Lipinski definition) is 2. The van der Waals surface area contributed by atoms with Gasteiger partial charge in [0.2, 0.25) is 0 Å². The minimum atomic E-state index is -1.02. The van der Waals surface area contributed by atoms with Crippen molar-refractivity contribution in [1.29, 1.82) is 0 Å². The van der Waals surface area contributed by atoms with Crippen molar-refractivity contribution >= 4 is 11.8 Å². The Morgan fingerprint density at radius 1 is 1.16 bits per heavy atom. The number of nitrogen functional groups attached to an aromatic ring is 1. The Bertz CT molecular complexity index is 511. The van der Waals surface area contributed by atoms with Crippen LogP contribution >= 0.6 is 0 Å². The fourth-order valence-corrected chi connectivity index (χ4v) is 5.02. The largest absolute Gasteiger partial charge is 0.476 e. The maximum absolute atomic E-state index is 11.4. The Morgan fingerprint density at radius 3 is 2.26 bits per heavy atom. The summed E-state index contributed by atoms with van der Waals surface area (Å²) in [6.45, 7) is 0. The van der Waals surface area contributed by atoms with E-state index >= 15 is 0 Å². The highest BCUT2D eigenvalue weighted by Crippen LogP contribution is 2.58. The SMILES string of the molecule is Nc1nnn(C2C3CC4CC(C3)CC2C4)c1C(=O)O. The molecule has 1 heterocycles. The molecule has 19 heavy (non-hydrogen) atoms. The number of carboxylic acids is 1. The molecular weight excluding hydrogens is 244 g/mol. The number of aromatic nitrogens is 3. The van der Waals surface area contributed by atoms with Crippen LogP contribution in [-0.2, 0) is 0 Å². The highest BCUT2D eigenvalue weighted by molar-refractivity contribution is 5.90. The van der Waals surface area contributed by atoms with Gasteiger partial charge in [-0.1, -0.05) is 5.21 Å². The van der Waals surface area contributed by atoms with Gasteiger partial charge in [0.1, 0.15) is 0 Å². The molecular formula is C13H18N4O2. The molecule has 3 N–H and O–H groups in total. The lowest BCUT2D eigenvalue weighted by Crippen LogP contribution is -2.46. The van der Waals surface area contributed by atoms with Crippen molar-refractivity contribution in [3.63, 3.8) is 0 Å². The van der Waals surface area contributed by atoms with E-state index in [0.29, 0.717) is 11.8 Å². The fourth-order valence-electron chi connectivity index (χ4n) is 5.02. The minimum Gasteiger partial charge on any atom is -0.476 e. The molecule has 4 fully saturated rings. The van der Waals surface area contributed by atoms with Crippen LogP contribution in [0.15, 0.2) is 0 Å². The molecule has 0 aromatic carbocycles. The molecule has 4 bridgehead atoms. The second-order valence-corrected chi connectivity index (χ2v) is 6.49. The van der Waals surface area contributed by atoms with E-state index in [1.807, 2.05) is 0 Å². The van der Waals surface area contributed by atoms with E-state index in [4.69, 9.17) is 5.73 Å². The lowest BCUT2D eigenvalue weighted by Gasteiger charge is -2.54. The third-order valence-corrected chi connectivity index (χ3v) is 5.38. The van der Waals surface area contributed by atoms with Gasteiger partial charge in [0.15, 0.2) is 11.5 Å². The molecule has 0 saturated heterocycles. The number of hydrogen-bond acceptors (Lipinski definition) is 4. The third-order valence-electron chi connectivity index (χ3n) is 5.38. The molecule has 4 saturated carbocycles. The first-order valence-electron chi connectivity index (χ1n) is 7.07. The number of carbonyl (C=O) groups is 1. The minimum absolute atomic E-state index is 0.0429. The summed E-state index contributed by atoms with van der Waals surface area (Å²) in [5.41, 5.74) is 5.74. The summed E-state index contributed by atoms with van der Waals surface area (Å²) in [5, 5.41) is 17.1. The maximum Gasteiger partial charge on any atom is 0.358 e. The van der Waals surface area contributed by atoms with Crippen LogP contribution in [0.25, 0.3) is 0 Å². The van der Waals surface area contributed by atoms with Crippen molar-refractivity contribution in [2.24, 2.45) is 23.7 Å². The molecule has 0 amide bonds. The van der Waals surface area contributed by atoms with Gasteiger partial charge in [0.25, 0.3) is 0 Å². The summed E-state index contributed by atoms with van der Waals surface area (Å²) < 4.78 is 1.62. The molecule has 6 heteroatoms. The molecule has 0 atom stereocenters. The van der Waals surface area contributed by atoms with Crippen LogP contribution in [0, 0.1) is 23.7 Å². The normalized spacial score (nSPS) is 39.7. The predicted molar refractivity (Wildman–Crippen MR) is 67.5 cm³/mol. The van der Waals surface area contributed by atoms with E-state index in [0.717, 1.165) is 11.8 Å². The summed E-state index contributed by atoms with van der Waals surface area (Å²) in [6.07, 6.45) is 6.25. The first-order valence-corrected chi connectivity index (χ1v) is 7.07. The Kier molecular flexibility index (Phi) is 2.20. The Hall–Kier alpha value is -1.59. The second kappa shape index (κ2) is 3.71. The summed E-state index contributed by atoms with van der Waals surface area (Å²) in [6, 6.07) is 0.198. The van der Waals surface area contributed by atoms with Gasteiger partial charge in [-0.25, -0.2) is 9.48 Å². The molecule has 4 aliphatic carbocycles. The van der Waals surface area contributed by atoms with Gasteiger partial charge in [-0.05, 0) is 55.8 Å². The number of carboxylic acid groups (broad SMARTS) is 1. The molecule has 0 aliphatic heterocycles. The van der Waals surface area contributed by atoms with Gasteiger partial charge in [-0.3, -0.25) is 0 Å². The van der Waals surface area contributed by atoms with Crippen LogP contribution < -0.4 is 5.73 Å². The highest BCUT2D eigenvalue weighted by atomic mass is 16.4. The van der Waals surface area contributed by atoms with E-state index in [2.05, 4.69) is 10.3 Å². The van der Waals surface area contributed by atoms with E-state index < -0.39 is 5.97 Å². The topological polar surface area (TPSA) is 94.0 Å². The summed E-state index contributed by atoms with van der Waals surface area (Å²) in [7, 11) is 0. The smallest absolute Gasteiger partial charge is 0.358 e. The predicted octanol–water partition coefficient (Wildman–Crippen LogP) is 1.56. The van der Waals surface area contributed by atoms with Crippen molar-refractivity contribution < 1.29 is 9.90 Å². The van der Waals surface area contributed by atoms with Crippen LogP contribution in [-0.4, -0.2) is 26.1 Å². The van der Waals surface area contributed by atoms with Gasteiger partial charge in [-0.15, -0.1) is 5.10 Å². The Labute approximate surface area is 111 Å². The van der Waals surface area contributed by atoms with Crippen LogP contribution in [0.1, 0.15) is 48.6 Å². The first kappa shape index (κ1) is 11.3. The third kappa shape index (κ3) is 1.52. The second-order valence-electron chi connectivity index (χ2n) is 6.49. The Morgan fingerprint density at radius 2 is 1.74 bits per heavy atom. The zero-order chi connectivity index (χ0) is 13.1. The molecule has 6 nitrogen and oxygen atoms in total. The van der Waals surface area contributed by atoms with Crippen LogP contribution in [0.4, 0.5) is 5.82 Å². The molecule has 0 radical (unpaired) electrons. The average Bonchev–Trinajstić information content (AvgIpc) is 2.69. The maximum atomic E-state index is 11.4. The summed E-state index contributed by atoms with van der Waals surface area (Å²) >= 11 is 0. The number of nitrogens with zero attached hydrogens (tertiary/aromatic N) is 3. The van der Waals surface area contributed by atoms with Crippen molar-refractivity contribution in [3.8, 4) is 0 Å². The average molecular weight is 262 g/mol. The molecule has 4 aliphatic rings. The van der Waals surface area contributed by atoms with Gasteiger partial charge >= 0.3 is 5.97 Å². The molecule has 0 spiro atoms. The van der Waals surface area contributed by atoms with E-state index in [9.17, 15) is 9.90 Å². The van der Waals surface area contributed by atoms with E-state index in [-0.39, 0.29) is 17.6 Å². The van der Waals surface area contributed by atoms with E-state index in [1.165, 1.54) is 32.1 Å².